The highest BCUT2D eigenvalue weighted by molar-refractivity contribution is 8.18. The van der Waals surface area contributed by atoms with Gasteiger partial charge < -0.3 is 15.2 Å². The summed E-state index contributed by atoms with van der Waals surface area (Å²) in [5, 5.41) is 0. The summed E-state index contributed by atoms with van der Waals surface area (Å²) in [6.45, 7) is 6.49. The number of fused-ring (bicyclic) bond motifs is 1. The van der Waals surface area contributed by atoms with Gasteiger partial charge in [-0.1, -0.05) is 0 Å². The van der Waals surface area contributed by atoms with Crippen molar-refractivity contribution in [2.75, 3.05) is 18.6 Å². The number of ether oxygens (including phenoxy) is 2. The van der Waals surface area contributed by atoms with Crippen molar-refractivity contribution in [3.63, 3.8) is 0 Å². The molecule has 2 N–H and O–H groups in total. The topological polar surface area (TPSA) is 98.9 Å². The fraction of sp³-hybridized carbons (Fsp3) is 0.667. The molecule has 2 heterocycles. The lowest BCUT2D eigenvalue weighted by atomic mass is 10.0. The molecule has 2 atom stereocenters. The normalized spacial score (nSPS) is 26.7. The van der Waals surface area contributed by atoms with E-state index in [1.807, 2.05) is 6.26 Å². The first kappa shape index (κ1) is 19.1. The molecule has 7 nitrogen and oxygen atoms in total. The van der Waals surface area contributed by atoms with Crippen molar-refractivity contribution >= 4 is 41.4 Å². The molecule has 2 aliphatic rings. The van der Waals surface area contributed by atoms with Crippen LogP contribution in [0.25, 0.3) is 0 Å². The van der Waals surface area contributed by atoms with Crippen molar-refractivity contribution < 1.29 is 23.9 Å². The number of β-lactam (4-membered cyclic amide) rings is 1. The monoisotopic (exact) mass is 374 g/mol. The maximum atomic E-state index is 12.7. The van der Waals surface area contributed by atoms with Gasteiger partial charge in [0.25, 0.3) is 0 Å². The highest BCUT2D eigenvalue weighted by atomic mass is 32.2. The molecule has 1 saturated heterocycles. The van der Waals surface area contributed by atoms with Crippen LogP contribution in [0, 0.1) is 0 Å². The average Bonchev–Trinajstić information content (AvgIpc) is 2.48. The van der Waals surface area contributed by atoms with Gasteiger partial charge in [0.05, 0.1) is 0 Å². The molecular weight excluding hydrogens is 352 g/mol. The van der Waals surface area contributed by atoms with Gasteiger partial charge in [-0.2, -0.15) is 0 Å². The Bertz CT molecular complexity index is 613. The summed E-state index contributed by atoms with van der Waals surface area (Å²) in [4.78, 5) is 37.6. The van der Waals surface area contributed by atoms with Crippen molar-refractivity contribution in [2.45, 2.75) is 43.5 Å². The molecule has 24 heavy (non-hydrogen) atoms. The van der Waals surface area contributed by atoms with Crippen molar-refractivity contribution in [3.05, 3.63) is 11.3 Å². The Labute approximate surface area is 149 Å². The zero-order valence-corrected chi connectivity index (χ0v) is 16.0. The summed E-state index contributed by atoms with van der Waals surface area (Å²) < 4.78 is 9.76. The molecule has 0 aromatic rings. The number of carbonyl (C=O) groups is 3. The van der Waals surface area contributed by atoms with Crippen LogP contribution in [0.5, 0.6) is 0 Å². The van der Waals surface area contributed by atoms with Crippen molar-refractivity contribution in [1.29, 1.82) is 0 Å². The summed E-state index contributed by atoms with van der Waals surface area (Å²) >= 11 is 2.87. The molecular formula is C15H22N2O5S2. The number of thioether (sulfide) groups is 2. The van der Waals surface area contributed by atoms with E-state index in [1.54, 1.807) is 20.8 Å². The Morgan fingerprint density at radius 1 is 1.46 bits per heavy atom. The van der Waals surface area contributed by atoms with E-state index in [0.29, 0.717) is 11.3 Å². The van der Waals surface area contributed by atoms with Crippen LogP contribution in [0.15, 0.2) is 11.3 Å². The lowest BCUT2D eigenvalue weighted by molar-refractivity contribution is -0.159. The second kappa shape index (κ2) is 6.61. The second-order valence-corrected chi connectivity index (χ2v) is 9.00. The minimum absolute atomic E-state index is 0.0552. The number of hydrogen-bond acceptors (Lipinski definition) is 8. The number of rotatable bonds is 4. The number of carbonyl (C=O) groups excluding carboxylic acids is 3. The molecule has 1 unspecified atom stereocenters. The number of hydrogen-bond donors (Lipinski definition) is 1. The molecule has 0 radical (unpaired) electrons. The SMILES string of the molecule is CSC12SCC(COC(C)=O)=C(C(=O)OC(C)(C)C)N1C(=O)[C@@H]2N. The van der Waals surface area contributed by atoms with Gasteiger partial charge in [-0.15, -0.1) is 23.5 Å². The number of nitrogens with two attached hydrogens (primary N) is 1. The van der Waals surface area contributed by atoms with Crippen LogP contribution in [0.4, 0.5) is 0 Å². The smallest absolute Gasteiger partial charge is 0.355 e. The van der Waals surface area contributed by atoms with E-state index in [2.05, 4.69) is 0 Å². The highest BCUT2D eigenvalue weighted by Crippen LogP contribution is 2.54. The van der Waals surface area contributed by atoms with E-state index in [4.69, 9.17) is 15.2 Å². The van der Waals surface area contributed by atoms with Gasteiger partial charge in [0.2, 0.25) is 5.91 Å². The molecule has 2 rings (SSSR count). The lowest BCUT2D eigenvalue weighted by Gasteiger charge is -2.57. The maximum absolute atomic E-state index is 12.7. The molecule has 134 valence electrons. The van der Waals surface area contributed by atoms with Crippen LogP contribution in [-0.4, -0.2) is 57.2 Å². The third-order valence-corrected chi connectivity index (χ3v) is 6.76. The fourth-order valence-corrected chi connectivity index (χ4v) is 5.06. The van der Waals surface area contributed by atoms with Gasteiger partial charge in [0.15, 0.2) is 4.20 Å². The van der Waals surface area contributed by atoms with Gasteiger partial charge in [-0.25, -0.2) is 4.79 Å². The third-order valence-electron chi connectivity index (χ3n) is 3.54. The molecule has 1 amide bonds. The van der Waals surface area contributed by atoms with Gasteiger partial charge in [-0.3, -0.25) is 14.5 Å². The van der Waals surface area contributed by atoms with Gasteiger partial charge in [0, 0.05) is 18.2 Å². The van der Waals surface area contributed by atoms with Crippen LogP contribution in [0.3, 0.4) is 0 Å². The number of esters is 2. The first-order valence-electron chi connectivity index (χ1n) is 7.41. The summed E-state index contributed by atoms with van der Waals surface area (Å²) in [6.07, 6.45) is 1.84. The lowest BCUT2D eigenvalue weighted by Crippen LogP contribution is -2.75. The van der Waals surface area contributed by atoms with E-state index in [9.17, 15) is 14.4 Å². The summed E-state index contributed by atoms with van der Waals surface area (Å²) in [5.41, 5.74) is 5.97. The first-order valence-corrected chi connectivity index (χ1v) is 9.62. The average molecular weight is 374 g/mol. The number of amides is 1. The minimum atomic E-state index is -0.719. The van der Waals surface area contributed by atoms with Crippen LogP contribution in [0.2, 0.25) is 0 Å². The predicted octanol–water partition coefficient (Wildman–Crippen LogP) is 1.08. The Hall–Kier alpha value is -1.19. The van der Waals surface area contributed by atoms with Crippen LogP contribution < -0.4 is 5.73 Å². The number of nitrogens with zero attached hydrogens (tertiary/aromatic N) is 1. The van der Waals surface area contributed by atoms with Crippen molar-refractivity contribution in [1.82, 2.24) is 4.90 Å². The van der Waals surface area contributed by atoms with Crippen LogP contribution in [0.1, 0.15) is 27.7 Å². The molecule has 0 aromatic carbocycles. The summed E-state index contributed by atoms with van der Waals surface area (Å²) in [7, 11) is 0. The van der Waals surface area contributed by atoms with E-state index >= 15 is 0 Å². The Morgan fingerprint density at radius 2 is 2.08 bits per heavy atom. The molecule has 1 fully saturated rings. The largest absolute Gasteiger partial charge is 0.461 e. The Balaban J connectivity index is 2.42. The standard InChI is InChI=1S/C15H22N2O5S2/c1-8(18)21-6-9-7-24-15(23-5)11(16)12(19)17(15)10(9)13(20)22-14(2,3)4/h11H,6-7,16H2,1-5H3/t11-,15?/m0/s1. The predicted molar refractivity (Wildman–Crippen MR) is 93.0 cm³/mol. The molecule has 0 spiro atoms. The second-order valence-electron chi connectivity index (χ2n) is 6.51. The Kier molecular flexibility index (Phi) is 5.27. The first-order chi connectivity index (χ1) is 11.0. The molecule has 2 aliphatic heterocycles. The molecule has 0 aliphatic carbocycles. The van der Waals surface area contributed by atoms with Crippen LogP contribution in [-0.2, 0) is 23.9 Å². The van der Waals surface area contributed by atoms with Crippen LogP contribution >= 0.6 is 23.5 Å². The molecule has 9 heteroatoms. The highest BCUT2D eigenvalue weighted by Gasteiger charge is 2.63. The van der Waals surface area contributed by atoms with E-state index in [1.165, 1.54) is 35.3 Å². The summed E-state index contributed by atoms with van der Waals surface area (Å²) in [6, 6.07) is -0.690. The zero-order chi connectivity index (χ0) is 18.3. The van der Waals surface area contributed by atoms with Gasteiger partial charge in [-0.05, 0) is 27.0 Å². The zero-order valence-electron chi connectivity index (χ0n) is 14.4. The third kappa shape index (κ3) is 3.29. The Morgan fingerprint density at radius 3 is 2.58 bits per heavy atom. The van der Waals surface area contributed by atoms with Gasteiger partial charge >= 0.3 is 11.9 Å². The van der Waals surface area contributed by atoms with Crippen molar-refractivity contribution in [2.24, 2.45) is 5.73 Å². The van der Waals surface area contributed by atoms with E-state index in [-0.39, 0.29) is 18.2 Å². The quantitative estimate of drug-likeness (QED) is 0.576. The van der Waals surface area contributed by atoms with Crippen molar-refractivity contribution in [3.8, 4) is 0 Å². The minimum Gasteiger partial charge on any atom is -0.461 e. The molecule has 0 saturated carbocycles. The molecule has 0 aromatic heterocycles. The fourth-order valence-electron chi connectivity index (χ4n) is 2.50. The van der Waals surface area contributed by atoms with Gasteiger partial charge in [0.1, 0.15) is 23.9 Å². The summed E-state index contributed by atoms with van der Waals surface area (Å²) in [5.74, 6) is -0.967. The maximum Gasteiger partial charge on any atom is 0.355 e. The van der Waals surface area contributed by atoms with E-state index < -0.39 is 27.8 Å². The van der Waals surface area contributed by atoms with E-state index in [0.717, 1.165) is 0 Å². The molecule has 0 bridgehead atoms.